The van der Waals surface area contributed by atoms with Crippen LogP contribution in [0.3, 0.4) is 0 Å². The molecule has 0 atom stereocenters. The van der Waals surface area contributed by atoms with Crippen LogP contribution in [0.5, 0.6) is 0 Å². The Bertz CT molecular complexity index is 758. The van der Waals surface area contributed by atoms with Gasteiger partial charge in [0.05, 0.1) is 0 Å². The molecule has 1 N–H and O–H groups in total. The van der Waals surface area contributed by atoms with Crippen molar-refractivity contribution in [1.82, 2.24) is 9.88 Å². The van der Waals surface area contributed by atoms with Crippen molar-refractivity contribution < 1.29 is 0 Å². The summed E-state index contributed by atoms with van der Waals surface area (Å²) < 4.78 is 0. The predicted molar refractivity (Wildman–Crippen MR) is 92.0 cm³/mol. The van der Waals surface area contributed by atoms with Gasteiger partial charge in [0.15, 0.2) is 0 Å². The van der Waals surface area contributed by atoms with Crippen LogP contribution in [-0.4, -0.2) is 23.0 Å². The molecule has 2 heteroatoms. The van der Waals surface area contributed by atoms with E-state index in [1.165, 1.54) is 47.1 Å². The Morgan fingerprint density at radius 2 is 1.77 bits per heavy atom. The van der Waals surface area contributed by atoms with Crippen LogP contribution in [0.4, 0.5) is 0 Å². The highest BCUT2D eigenvalue weighted by Crippen LogP contribution is 2.27. The Hall–Kier alpha value is -2.06. The first-order valence-electron chi connectivity index (χ1n) is 8.25. The summed E-state index contributed by atoms with van der Waals surface area (Å²) in [4.78, 5) is 6.23. The van der Waals surface area contributed by atoms with Crippen molar-refractivity contribution in [1.29, 1.82) is 0 Å². The first-order chi connectivity index (χ1) is 10.9. The van der Waals surface area contributed by atoms with Crippen LogP contribution in [0.2, 0.25) is 0 Å². The van der Waals surface area contributed by atoms with Crippen LogP contribution in [-0.2, 0) is 19.4 Å². The van der Waals surface area contributed by atoms with E-state index in [1.807, 2.05) is 0 Å². The minimum Gasteiger partial charge on any atom is -0.358 e. The lowest BCUT2D eigenvalue weighted by molar-refractivity contribution is 0.274. The third-order valence-corrected chi connectivity index (χ3v) is 4.74. The zero-order chi connectivity index (χ0) is 14.8. The maximum atomic E-state index is 3.62. The molecule has 0 bridgehead atoms. The molecule has 2 heterocycles. The topological polar surface area (TPSA) is 19.0 Å². The highest BCUT2D eigenvalue weighted by atomic mass is 15.1. The van der Waals surface area contributed by atoms with E-state index in [0.29, 0.717) is 0 Å². The van der Waals surface area contributed by atoms with Crippen molar-refractivity contribution in [3.63, 3.8) is 0 Å². The van der Waals surface area contributed by atoms with Crippen molar-refractivity contribution in [2.24, 2.45) is 0 Å². The van der Waals surface area contributed by atoms with Gasteiger partial charge in [0.1, 0.15) is 0 Å². The predicted octanol–water partition coefficient (Wildman–Crippen LogP) is 4.16. The summed E-state index contributed by atoms with van der Waals surface area (Å²) in [7, 11) is 0. The van der Waals surface area contributed by atoms with Gasteiger partial charge in [0.25, 0.3) is 0 Å². The van der Waals surface area contributed by atoms with Gasteiger partial charge in [-0.2, -0.15) is 0 Å². The lowest BCUT2D eigenvalue weighted by Gasteiger charge is -2.20. The fourth-order valence-corrected chi connectivity index (χ4v) is 3.55. The van der Waals surface area contributed by atoms with E-state index in [2.05, 4.69) is 64.5 Å². The van der Waals surface area contributed by atoms with E-state index in [9.17, 15) is 0 Å². The van der Waals surface area contributed by atoms with Crippen molar-refractivity contribution in [2.45, 2.75) is 25.8 Å². The highest BCUT2D eigenvalue weighted by molar-refractivity contribution is 5.84. The molecule has 2 aromatic carbocycles. The Balaban J connectivity index is 1.54. The van der Waals surface area contributed by atoms with Gasteiger partial charge in [-0.25, -0.2) is 0 Å². The van der Waals surface area contributed by atoms with Crippen molar-refractivity contribution in [3.05, 3.63) is 71.4 Å². The number of nitrogens with zero attached hydrogens (tertiary/aromatic N) is 1. The smallest absolute Gasteiger partial charge is 0.0459 e. The van der Waals surface area contributed by atoms with Crippen LogP contribution in [0.25, 0.3) is 10.9 Å². The Morgan fingerprint density at radius 3 is 2.68 bits per heavy atom. The summed E-state index contributed by atoms with van der Waals surface area (Å²) in [5, 5.41) is 1.41. The molecule has 0 unspecified atom stereocenters. The van der Waals surface area contributed by atoms with Gasteiger partial charge in [0, 0.05) is 29.7 Å². The standard InChI is InChI=1S/C20H22N2/c1-2-7-16(8-3-1)12-14-22-13-6-11-20-18(15-22)17-9-4-5-10-19(17)21-20/h1-5,7-10,21H,6,11-15H2. The molecule has 0 saturated heterocycles. The number of hydrogen-bond acceptors (Lipinski definition) is 1. The molecule has 1 aromatic heterocycles. The largest absolute Gasteiger partial charge is 0.358 e. The number of aryl methyl sites for hydroxylation is 1. The molecule has 0 aliphatic carbocycles. The number of nitrogens with one attached hydrogen (secondary N) is 1. The zero-order valence-electron chi connectivity index (χ0n) is 12.9. The first-order valence-corrected chi connectivity index (χ1v) is 8.25. The molecule has 4 rings (SSSR count). The van der Waals surface area contributed by atoms with Gasteiger partial charge in [-0.05, 0) is 43.0 Å². The molecule has 0 amide bonds. The van der Waals surface area contributed by atoms with Gasteiger partial charge in [-0.15, -0.1) is 0 Å². The van der Waals surface area contributed by atoms with Crippen LogP contribution in [0.15, 0.2) is 54.6 Å². The third kappa shape index (κ3) is 2.67. The number of aromatic amines is 1. The van der Waals surface area contributed by atoms with Crippen LogP contribution >= 0.6 is 0 Å². The molecular formula is C20H22N2. The number of fused-ring (bicyclic) bond motifs is 3. The fraction of sp³-hybridized carbons (Fsp3) is 0.300. The quantitative estimate of drug-likeness (QED) is 0.767. The number of para-hydroxylation sites is 1. The van der Waals surface area contributed by atoms with Crippen molar-refractivity contribution in [2.75, 3.05) is 13.1 Å². The molecule has 1 aliphatic heterocycles. The van der Waals surface area contributed by atoms with Crippen LogP contribution < -0.4 is 0 Å². The second-order valence-corrected chi connectivity index (χ2v) is 6.24. The summed E-state index contributed by atoms with van der Waals surface area (Å²) in [5.74, 6) is 0. The molecule has 0 radical (unpaired) electrons. The average Bonchev–Trinajstić information content (AvgIpc) is 2.78. The van der Waals surface area contributed by atoms with E-state index in [-0.39, 0.29) is 0 Å². The molecule has 0 saturated carbocycles. The SMILES string of the molecule is c1ccc(CCN2CCCc3[nH]c4ccccc4c3C2)cc1. The monoisotopic (exact) mass is 290 g/mol. The van der Waals surface area contributed by atoms with Gasteiger partial charge in [-0.1, -0.05) is 48.5 Å². The van der Waals surface area contributed by atoms with Crippen molar-refractivity contribution >= 4 is 10.9 Å². The summed E-state index contributed by atoms with van der Waals surface area (Å²) >= 11 is 0. The summed E-state index contributed by atoms with van der Waals surface area (Å²) in [5.41, 5.74) is 5.69. The van der Waals surface area contributed by atoms with Gasteiger partial charge < -0.3 is 4.98 Å². The average molecular weight is 290 g/mol. The number of benzene rings is 2. The van der Waals surface area contributed by atoms with Crippen LogP contribution in [0.1, 0.15) is 23.2 Å². The summed E-state index contributed by atoms with van der Waals surface area (Å²) in [6.07, 6.45) is 3.55. The molecule has 0 fully saturated rings. The Morgan fingerprint density at radius 1 is 0.955 bits per heavy atom. The van der Waals surface area contributed by atoms with Gasteiger partial charge in [-0.3, -0.25) is 4.90 Å². The molecule has 0 spiro atoms. The molecule has 2 nitrogen and oxygen atoms in total. The van der Waals surface area contributed by atoms with Gasteiger partial charge in [0.2, 0.25) is 0 Å². The normalized spacial score (nSPS) is 15.6. The second-order valence-electron chi connectivity index (χ2n) is 6.24. The summed E-state index contributed by atoms with van der Waals surface area (Å²) in [6.45, 7) is 3.42. The zero-order valence-corrected chi connectivity index (χ0v) is 12.9. The first kappa shape index (κ1) is 13.6. The molecule has 112 valence electrons. The number of rotatable bonds is 3. The molecule has 22 heavy (non-hydrogen) atoms. The lowest BCUT2D eigenvalue weighted by Crippen LogP contribution is -2.25. The van der Waals surface area contributed by atoms with E-state index >= 15 is 0 Å². The molecular weight excluding hydrogens is 268 g/mol. The number of H-pyrrole nitrogens is 1. The maximum Gasteiger partial charge on any atom is 0.0459 e. The summed E-state index contributed by atoms with van der Waals surface area (Å²) in [6, 6.07) is 19.5. The molecule has 1 aliphatic rings. The van der Waals surface area contributed by atoms with E-state index in [0.717, 1.165) is 19.5 Å². The lowest BCUT2D eigenvalue weighted by atomic mass is 10.1. The van der Waals surface area contributed by atoms with E-state index in [4.69, 9.17) is 0 Å². The Labute approximate surface area is 131 Å². The minimum atomic E-state index is 1.08. The third-order valence-electron chi connectivity index (χ3n) is 4.74. The van der Waals surface area contributed by atoms with E-state index in [1.54, 1.807) is 0 Å². The second kappa shape index (κ2) is 5.98. The Kier molecular flexibility index (Phi) is 3.69. The number of hydrogen-bond donors (Lipinski definition) is 1. The highest BCUT2D eigenvalue weighted by Gasteiger charge is 2.18. The molecule has 3 aromatic rings. The number of aromatic nitrogens is 1. The van der Waals surface area contributed by atoms with Crippen LogP contribution in [0, 0.1) is 0 Å². The fourth-order valence-electron chi connectivity index (χ4n) is 3.55. The van der Waals surface area contributed by atoms with Gasteiger partial charge >= 0.3 is 0 Å². The van der Waals surface area contributed by atoms with Crippen molar-refractivity contribution in [3.8, 4) is 0 Å². The minimum absolute atomic E-state index is 1.08. The van der Waals surface area contributed by atoms with E-state index < -0.39 is 0 Å². The maximum absolute atomic E-state index is 3.62.